The van der Waals surface area contributed by atoms with E-state index in [9.17, 15) is 5.11 Å². The number of benzene rings is 1. The predicted octanol–water partition coefficient (Wildman–Crippen LogP) is 2.76. The lowest BCUT2D eigenvalue weighted by molar-refractivity contribution is 0.474. The van der Waals surface area contributed by atoms with E-state index in [-0.39, 0.29) is 0 Å². The molecule has 0 atom stereocenters. The maximum atomic E-state index is 9.40. The number of phenols is 1. The minimum atomic E-state index is 0.309. The molecule has 1 heterocycles. The van der Waals surface area contributed by atoms with Gasteiger partial charge in [0.1, 0.15) is 11.6 Å². The van der Waals surface area contributed by atoms with Crippen molar-refractivity contribution in [3.63, 3.8) is 0 Å². The third-order valence-corrected chi connectivity index (χ3v) is 2.53. The summed E-state index contributed by atoms with van der Waals surface area (Å²) < 4.78 is 2.11. The fraction of sp³-hybridized carbons (Fsp3) is 0.308. The highest BCUT2D eigenvalue weighted by molar-refractivity contribution is 5.27. The Kier molecular flexibility index (Phi) is 2.95. The zero-order valence-electron chi connectivity index (χ0n) is 9.59. The molecular weight excluding hydrogens is 200 g/mol. The first-order chi connectivity index (χ1) is 7.66. The molecule has 1 N–H and O–H groups in total. The summed E-state index contributed by atoms with van der Waals surface area (Å²) in [6.45, 7) is 5.00. The molecule has 3 heteroatoms. The fourth-order valence-electron chi connectivity index (χ4n) is 1.81. The first kappa shape index (κ1) is 10.7. The largest absolute Gasteiger partial charge is 0.508 e. The van der Waals surface area contributed by atoms with E-state index in [0.29, 0.717) is 11.7 Å². The molecule has 0 saturated carbocycles. The van der Waals surface area contributed by atoms with Crippen LogP contribution in [0.15, 0.2) is 36.7 Å². The number of phenolic OH excluding ortho intramolecular Hbond substituents is 1. The molecule has 2 aromatic rings. The van der Waals surface area contributed by atoms with Gasteiger partial charge in [-0.15, -0.1) is 0 Å². The molecule has 3 nitrogen and oxygen atoms in total. The maximum Gasteiger partial charge on any atom is 0.115 e. The van der Waals surface area contributed by atoms with Crippen molar-refractivity contribution in [3.8, 4) is 5.75 Å². The van der Waals surface area contributed by atoms with Crippen LogP contribution in [0.5, 0.6) is 5.75 Å². The van der Waals surface area contributed by atoms with E-state index in [2.05, 4.69) is 23.4 Å². The van der Waals surface area contributed by atoms with Gasteiger partial charge in [-0.2, -0.15) is 0 Å². The first-order valence-electron chi connectivity index (χ1n) is 5.46. The lowest BCUT2D eigenvalue weighted by atomic mass is 10.2. The second kappa shape index (κ2) is 4.39. The van der Waals surface area contributed by atoms with E-state index in [0.717, 1.165) is 17.9 Å². The van der Waals surface area contributed by atoms with Crippen LogP contribution >= 0.6 is 0 Å². The SMILES string of the molecule is CC(C)c1nccn1Cc1cccc(O)c1. The molecule has 0 spiro atoms. The molecule has 0 aliphatic carbocycles. The number of hydrogen-bond acceptors (Lipinski definition) is 2. The molecule has 0 saturated heterocycles. The number of imidazole rings is 1. The van der Waals surface area contributed by atoms with Crippen LogP contribution in [0.1, 0.15) is 31.2 Å². The average molecular weight is 216 g/mol. The topological polar surface area (TPSA) is 38.0 Å². The number of rotatable bonds is 3. The summed E-state index contributed by atoms with van der Waals surface area (Å²) in [4.78, 5) is 4.33. The highest BCUT2D eigenvalue weighted by Crippen LogP contribution is 2.16. The Morgan fingerprint density at radius 3 is 2.88 bits per heavy atom. The van der Waals surface area contributed by atoms with Crippen molar-refractivity contribution in [3.05, 3.63) is 48.0 Å². The van der Waals surface area contributed by atoms with Gasteiger partial charge in [0.15, 0.2) is 0 Å². The van der Waals surface area contributed by atoms with Crippen LogP contribution in [0, 0.1) is 0 Å². The number of aromatic nitrogens is 2. The Balaban J connectivity index is 2.24. The van der Waals surface area contributed by atoms with Gasteiger partial charge in [0.25, 0.3) is 0 Å². The summed E-state index contributed by atoms with van der Waals surface area (Å²) in [5, 5.41) is 9.40. The van der Waals surface area contributed by atoms with E-state index in [1.54, 1.807) is 12.1 Å². The molecule has 0 unspecified atom stereocenters. The van der Waals surface area contributed by atoms with Crippen molar-refractivity contribution < 1.29 is 5.11 Å². The highest BCUT2D eigenvalue weighted by atomic mass is 16.3. The van der Waals surface area contributed by atoms with Gasteiger partial charge in [0.05, 0.1) is 0 Å². The minimum Gasteiger partial charge on any atom is -0.508 e. The molecule has 0 radical (unpaired) electrons. The van der Waals surface area contributed by atoms with E-state index in [4.69, 9.17) is 0 Å². The third kappa shape index (κ3) is 2.24. The Bertz CT molecular complexity index is 474. The molecule has 0 aliphatic heterocycles. The zero-order valence-corrected chi connectivity index (χ0v) is 9.59. The normalized spacial score (nSPS) is 10.9. The van der Waals surface area contributed by atoms with E-state index >= 15 is 0 Å². The van der Waals surface area contributed by atoms with Gasteiger partial charge >= 0.3 is 0 Å². The van der Waals surface area contributed by atoms with E-state index in [1.807, 2.05) is 24.5 Å². The van der Waals surface area contributed by atoms with Crippen molar-refractivity contribution in [1.82, 2.24) is 9.55 Å². The van der Waals surface area contributed by atoms with Crippen LogP contribution in [0.2, 0.25) is 0 Å². The predicted molar refractivity (Wildman–Crippen MR) is 63.5 cm³/mol. The van der Waals surface area contributed by atoms with Gasteiger partial charge in [-0.3, -0.25) is 0 Å². The standard InChI is InChI=1S/C13H16N2O/c1-10(2)13-14-6-7-15(13)9-11-4-3-5-12(16)8-11/h3-8,10,16H,9H2,1-2H3. The molecule has 16 heavy (non-hydrogen) atoms. The summed E-state index contributed by atoms with van der Waals surface area (Å²) in [7, 11) is 0. The van der Waals surface area contributed by atoms with Crippen molar-refractivity contribution in [2.75, 3.05) is 0 Å². The lowest BCUT2D eigenvalue weighted by Crippen LogP contribution is -2.05. The van der Waals surface area contributed by atoms with Crippen molar-refractivity contribution in [1.29, 1.82) is 0 Å². The third-order valence-electron chi connectivity index (χ3n) is 2.53. The van der Waals surface area contributed by atoms with Gasteiger partial charge in [-0.25, -0.2) is 4.98 Å². The van der Waals surface area contributed by atoms with Crippen LogP contribution < -0.4 is 0 Å². The molecule has 1 aromatic heterocycles. The quantitative estimate of drug-likeness (QED) is 0.856. The first-order valence-corrected chi connectivity index (χ1v) is 5.46. The Hall–Kier alpha value is -1.77. The maximum absolute atomic E-state index is 9.40. The molecule has 0 aliphatic rings. The van der Waals surface area contributed by atoms with Crippen LogP contribution in [0.3, 0.4) is 0 Å². The van der Waals surface area contributed by atoms with Gasteiger partial charge in [0.2, 0.25) is 0 Å². The number of nitrogens with zero attached hydrogens (tertiary/aromatic N) is 2. The summed E-state index contributed by atoms with van der Waals surface area (Å²) in [5.41, 5.74) is 1.08. The minimum absolute atomic E-state index is 0.309. The zero-order chi connectivity index (χ0) is 11.5. The highest BCUT2D eigenvalue weighted by Gasteiger charge is 2.07. The fourth-order valence-corrected chi connectivity index (χ4v) is 1.81. The van der Waals surface area contributed by atoms with Crippen LogP contribution in [0.4, 0.5) is 0 Å². The van der Waals surface area contributed by atoms with E-state index in [1.165, 1.54) is 0 Å². The second-order valence-electron chi connectivity index (χ2n) is 4.24. The molecule has 0 fully saturated rings. The second-order valence-corrected chi connectivity index (χ2v) is 4.24. The van der Waals surface area contributed by atoms with Crippen LogP contribution in [0.25, 0.3) is 0 Å². The monoisotopic (exact) mass is 216 g/mol. The smallest absolute Gasteiger partial charge is 0.115 e. The number of aromatic hydroxyl groups is 1. The molecule has 1 aromatic carbocycles. The molecule has 0 amide bonds. The molecular formula is C13H16N2O. The Morgan fingerprint density at radius 2 is 2.19 bits per heavy atom. The van der Waals surface area contributed by atoms with Crippen molar-refractivity contribution in [2.24, 2.45) is 0 Å². The van der Waals surface area contributed by atoms with Gasteiger partial charge in [-0.1, -0.05) is 26.0 Å². The number of hydrogen-bond donors (Lipinski definition) is 1. The summed E-state index contributed by atoms with van der Waals surface area (Å²) in [6.07, 6.45) is 3.79. The van der Waals surface area contributed by atoms with Gasteiger partial charge < -0.3 is 9.67 Å². The van der Waals surface area contributed by atoms with Crippen LogP contribution in [-0.4, -0.2) is 14.7 Å². The Labute approximate surface area is 95.4 Å². The van der Waals surface area contributed by atoms with Gasteiger partial charge in [0, 0.05) is 24.9 Å². The van der Waals surface area contributed by atoms with Crippen LogP contribution in [-0.2, 0) is 6.54 Å². The van der Waals surface area contributed by atoms with E-state index < -0.39 is 0 Å². The van der Waals surface area contributed by atoms with Crippen molar-refractivity contribution in [2.45, 2.75) is 26.3 Å². The molecule has 2 rings (SSSR count). The summed E-state index contributed by atoms with van der Waals surface area (Å²) in [6, 6.07) is 7.32. The molecule has 0 bridgehead atoms. The lowest BCUT2D eigenvalue weighted by Gasteiger charge is -2.10. The summed E-state index contributed by atoms with van der Waals surface area (Å²) in [5.74, 6) is 1.79. The summed E-state index contributed by atoms with van der Waals surface area (Å²) >= 11 is 0. The van der Waals surface area contributed by atoms with Gasteiger partial charge in [-0.05, 0) is 17.7 Å². The van der Waals surface area contributed by atoms with Crippen molar-refractivity contribution >= 4 is 0 Å². The molecule has 84 valence electrons. The average Bonchev–Trinajstić information content (AvgIpc) is 2.66. The Morgan fingerprint density at radius 1 is 1.38 bits per heavy atom.